The van der Waals surface area contributed by atoms with E-state index < -0.39 is 10.1 Å². The normalized spacial score (nSPS) is 11.5. The molecular weight excluding hydrogens is 368 g/mol. The highest BCUT2D eigenvalue weighted by molar-refractivity contribution is 7.87. The number of rotatable bonds is 4. The number of aromatic nitrogens is 2. The molecule has 0 atom stereocenters. The average molecular weight is 381 g/mol. The van der Waals surface area contributed by atoms with E-state index in [0.29, 0.717) is 5.56 Å². The van der Waals surface area contributed by atoms with Crippen LogP contribution in [-0.2, 0) is 10.1 Å². The van der Waals surface area contributed by atoms with Crippen LogP contribution >= 0.6 is 22.9 Å². The molecule has 0 aliphatic carbocycles. The maximum absolute atomic E-state index is 12.3. The molecule has 1 aromatic carbocycles. The van der Waals surface area contributed by atoms with Gasteiger partial charge in [-0.15, -0.1) is 11.3 Å². The third kappa shape index (κ3) is 3.58. The van der Waals surface area contributed by atoms with E-state index in [0.717, 1.165) is 16.3 Å². The molecule has 0 bridgehead atoms. The Kier molecular flexibility index (Phi) is 4.58. The first-order chi connectivity index (χ1) is 11.3. The lowest BCUT2D eigenvalue weighted by Crippen LogP contribution is -2.10. The summed E-state index contributed by atoms with van der Waals surface area (Å²) in [7, 11) is -3.96. The van der Waals surface area contributed by atoms with Crippen LogP contribution in [0.2, 0.25) is 5.15 Å². The highest BCUT2D eigenvalue weighted by atomic mass is 35.5. The molecule has 2 heterocycles. The van der Waals surface area contributed by atoms with E-state index in [1.54, 1.807) is 31.2 Å². The molecule has 0 aliphatic rings. The van der Waals surface area contributed by atoms with Gasteiger partial charge in [0.1, 0.15) is 20.8 Å². The summed E-state index contributed by atoms with van der Waals surface area (Å²) in [4.78, 5) is 8.19. The molecular formula is C16H13ClN2O3S2. The van der Waals surface area contributed by atoms with E-state index in [9.17, 15) is 8.42 Å². The molecule has 0 aliphatic heterocycles. The van der Waals surface area contributed by atoms with Gasteiger partial charge in [0, 0.05) is 16.6 Å². The van der Waals surface area contributed by atoms with Gasteiger partial charge in [0.15, 0.2) is 0 Å². The first kappa shape index (κ1) is 16.9. The smallest absolute Gasteiger partial charge is 0.340 e. The Balaban J connectivity index is 1.83. The van der Waals surface area contributed by atoms with Crippen molar-refractivity contribution in [2.75, 3.05) is 0 Å². The van der Waals surface area contributed by atoms with Crippen LogP contribution in [0, 0.1) is 13.8 Å². The van der Waals surface area contributed by atoms with Crippen LogP contribution in [-0.4, -0.2) is 18.4 Å². The Hall–Kier alpha value is -1.96. The second-order valence-electron chi connectivity index (χ2n) is 5.13. The zero-order valence-corrected chi connectivity index (χ0v) is 15.2. The molecule has 0 saturated carbocycles. The van der Waals surface area contributed by atoms with Gasteiger partial charge < -0.3 is 4.18 Å². The van der Waals surface area contributed by atoms with Crippen LogP contribution in [0.1, 0.15) is 11.3 Å². The van der Waals surface area contributed by atoms with Gasteiger partial charge in [0.05, 0.1) is 6.20 Å². The van der Waals surface area contributed by atoms with Gasteiger partial charge >= 0.3 is 10.1 Å². The molecule has 124 valence electrons. The van der Waals surface area contributed by atoms with Gasteiger partial charge in [-0.2, -0.15) is 8.42 Å². The summed E-state index contributed by atoms with van der Waals surface area (Å²) in [6.45, 7) is 3.60. The number of halogens is 1. The third-order valence-electron chi connectivity index (χ3n) is 3.20. The summed E-state index contributed by atoms with van der Waals surface area (Å²) in [6.07, 6.45) is 1.18. The Labute approximate surface area is 149 Å². The summed E-state index contributed by atoms with van der Waals surface area (Å²) < 4.78 is 29.8. The van der Waals surface area contributed by atoms with E-state index in [2.05, 4.69) is 9.97 Å². The van der Waals surface area contributed by atoms with Crippen molar-refractivity contribution in [1.82, 2.24) is 9.97 Å². The van der Waals surface area contributed by atoms with Gasteiger partial charge in [-0.1, -0.05) is 11.6 Å². The van der Waals surface area contributed by atoms with E-state index >= 15 is 0 Å². The van der Waals surface area contributed by atoms with Gasteiger partial charge in [-0.25, -0.2) is 9.97 Å². The largest absolute Gasteiger partial charge is 0.379 e. The van der Waals surface area contributed by atoms with E-state index in [1.807, 2.05) is 12.3 Å². The Morgan fingerprint density at radius 1 is 1.17 bits per heavy atom. The van der Waals surface area contributed by atoms with Gasteiger partial charge in [-0.3, -0.25) is 0 Å². The Morgan fingerprint density at radius 2 is 1.88 bits per heavy atom. The average Bonchev–Trinajstić information content (AvgIpc) is 2.97. The lowest BCUT2D eigenvalue weighted by molar-refractivity contribution is 0.485. The second-order valence-corrected chi connectivity index (χ2v) is 7.90. The predicted molar refractivity (Wildman–Crippen MR) is 94.1 cm³/mol. The van der Waals surface area contributed by atoms with Crippen molar-refractivity contribution in [2.24, 2.45) is 0 Å². The second kappa shape index (κ2) is 6.51. The SMILES string of the molecule is Cc1csc(-c2ccc(OS(=O)(=O)c3cnc(Cl)c(C)c3)cc2)n1. The highest BCUT2D eigenvalue weighted by Crippen LogP contribution is 2.27. The number of thiazole rings is 1. The molecule has 0 unspecified atom stereocenters. The lowest BCUT2D eigenvalue weighted by Gasteiger charge is -2.08. The molecule has 0 fully saturated rings. The van der Waals surface area contributed by atoms with Crippen molar-refractivity contribution in [2.45, 2.75) is 18.7 Å². The van der Waals surface area contributed by atoms with Crippen molar-refractivity contribution in [3.63, 3.8) is 0 Å². The Morgan fingerprint density at radius 3 is 2.46 bits per heavy atom. The van der Waals surface area contributed by atoms with E-state index in [1.165, 1.54) is 23.6 Å². The number of aryl methyl sites for hydroxylation is 2. The zero-order chi connectivity index (χ0) is 17.3. The van der Waals surface area contributed by atoms with Gasteiger partial charge in [-0.05, 0) is 49.7 Å². The fourth-order valence-electron chi connectivity index (χ4n) is 1.98. The van der Waals surface area contributed by atoms with Crippen molar-refractivity contribution in [3.05, 3.63) is 58.3 Å². The molecule has 5 nitrogen and oxygen atoms in total. The minimum absolute atomic E-state index is 0.0379. The molecule has 2 aromatic heterocycles. The number of hydrogen-bond donors (Lipinski definition) is 0. The number of pyridine rings is 1. The molecule has 3 aromatic rings. The van der Waals surface area contributed by atoms with Crippen molar-refractivity contribution < 1.29 is 12.6 Å². The molecule has 3 rings (SSSR count). The van der Waals surface area contributed by atoms with E-state index in [4.69, 9.17) is 15.8 Å². The molecule has 8 heteroatoms. The summed E-state index contributed by atoms with van der Waals surface area (Å²) in [6, 6.07) is 8.17. The van der Waals surface area contributed by atoms with E-state index in [-0.39, 0.29) is 15.8 Å². The quantitative estimate of drug-likeness (QED) is 0.500. The standard InChI is InChI=1S/C16H13ClN2O3S2/c1-10-7-14(8-18-15(10)17)24(20,21)22-13-5-3-12(4-6-13)16-19-11(2)9-23-16/h3-9H,1-2H3. The van der Waals surface area contributed by atoms with Crippen molar-refractivity contribution >= 4 is 33.1 Å². The van der Waals surface area contributed by atoms with Crippen molar-refractivity contribution in [3.8, 4) is 16.3 Å². The first-order valence-corrected chi connectivity index (χ1v) is 9.61. The number of nitrogens with zero attached hydrogens (tertiary/aromatic N) is 2. The monoisotopic (exact) mass is 380 g/mol. The predicted octanol–water partition coefficient (Wildman–Crippen LogP) is 4.24. The van der Waals surface area contributed by atoms with Gasteiger partial charge in [0.2, 0.25) is 0 Å². The molecule has 0 radical (unpaired) electrons. The maximum Gasteiger partial charge on any atom is 0.340 e. The van der Waals surface area contributed by atoms with Crippen LogP contribution in [0.4, 0.5) is 0 Å². The zero-order valence-electron chi connectivity index (χ0n) is 12.9. The summed E-state index contributed by atoms with van der Waals surface area (Å²) in [5.74, 6) is 0.222. The molecule has 0 N–H and O–H groups in total. The third-order valence-corrected chi connectivity index (χ3v) is 5.82. The molecule has 0 amide bonds. The fourth-order valence-corrected chi connectivity index (χ4v) is 3.85. The minimum Gasteiger partial charge on any atom is -0.379 e. The summed E-state index contributed by atoms with van der Waals surface area (Å²) in [5, 5.41) is 3.09. The lowest BCUT2D eigenvalue weighted by atomic mass is 10.2. The highest BCUT2D eigenvalue weighted by Gasteiger charge is 2.18. The topological polar surface area (TPSA) is 69.2 Å². The summed E-state index contributed by atoms with van der Waals surface area (Å²) in [5.41, 5.74) is 2.42. The maximum atomic E-state index is 12.3. The minimum atomic E-state index is -3.96. The number of hydrogen-bond acceptors (Lipinski definition) is 6. The first-order valence-electron chi connectivity index (χ1n) is 6.94. The van der Waals surface area contributed by atoms with Crippen LogP contribution in [0.15, 0.2) is 46.8 Å². The van der Waals surface area contributed by atoms with Crippen LogP contribution in [0.3, 0.4) is 0 Å². The fraction of sp³-hybridized carbons (Fsp3) is 0.125. The molecule has 0 spiro atoms. The van der Waals surface area contributed by atoms with Crippen molar-refractivity contribution in [1.29, 1.82) is 0 Å². The van der Waals surface area contributed by atoms with Gasteiger partial charge in [0.25, 0.3) is 0 Å². The summed E-state index contributed by atoms with van der Waals surface area (Å²) >= 11 is 7.35. The number of benzene rings is 1. The molecule has 24 heavy (non-hydrogen) atoms. The molecule has 0 saturated heterocycles. The Bertz CT molecular complexity index is 983. The van der Waals surface area contributed by atoms with Crippen LogP contribution in [0.25, 0.3) is 10.6 Å². The van der Waals surface area contributed by atoms with Crippen LogP contribution in [0.5, 0.6) is 5.75 Å². The van der Waals surface area contributed by atoms with Crippen LogP contribution < -0.4 is 4.18 Å².